The lowest BCUT2D eigenvalue weighted by atomic mass is 9.92. The van der Waals surface area contributed by atoms with Crippen LogP contribution in [-0.2, 0) is 6.61 Å². The number of aliphatic hydroxyl groups is 1. The fourth-order valence-electron chi connectivity index (χ4n) is 3.99. The number of nitrogen functional groups attached to an aromatic ring is 1. The zero-order valence-electron chi connectivity index (χ0n) is 16.8. The van der Waals surface area contributed by atoms with Crippen LogP contribution in [0.3, 0.4) is 0 Å². The number of fused-ring (bicyclic) bond motifs is 1. The molecule has 0 unspecified atom stereocenters. The highest BCUT2D eigenvalue weighted by Gasteiger charge is 2.38. The lowest BCUT2D eigenvalue weighted by Gasteiger charge is -2.47. The average Bonchev–Trinajstić information content (AvgIpc) is 2.68. The minimum absolute atomic E-state index is 0.0919. The van der Waals surface area contributed by atoms with Crippen LogP contribution in [0.1, 0.15) is 22.8 Å². The van der Waals surface area contributed by atoms with Crippen LogP contribution in [-0.4, -0.2) is 39.4 Å². The fraction of sp³-hybridized carbons (Fsp3) is 0.238. The van der Waals surface area contributed by atoms with E-state index in [1.807, 2.05) is 6.92 Å². The molecule has 4 rings (SSSR count). The summed E-state index contributed by atoms with van der Waals surface area (Å²) >= 11 is 3.37. The van der Waals surface area contributed by atoms with Crippen LogP contribution < -0.4 is 21.8 Å². The number of anilines is 2. The summed E-state index contributed by atoms with van der Waals surface area (Å²) in [6.45, 7) is 1.94. The monoisotopic (exact) mass is 508 g/mol. The van der Waals surface area contributed by atoms with Gasteiger partial charge in [0.2, 0.25) is 5.43 Å². The number of aromatic carboxylic acids is 1. The number of nitrogens with two attached hydrogens (primary N) is 2. The lowest BCUT2D eigenvalue weighted by molar-refractivity contribution is 0.0695. The first-order valence-electron chi connectivity index (χ1n) is 9.49. The number of carboxylic acid groups (broad SMARTS) is 1. The van der Waals surface area contributed by atoms with Crippen LogP contribution in [0.2, 0.25) is 0 Å². The van der Waals surface area contributed by atoms with Crippen molar-refractivity contribution in [1.82, 2.24) is 4.57 Å². The van der Waals surface area contributed by atoms with Crippen molar-refractivity contribution in [3.8, 4) is 5.69 Å². The van der Waals surface area contributed by atoms with Crippen molar-refractivity contribution >= 4 is 44.2 Å². The highest BCUT2D eigenvalue weighted by Crippen LogP contribution is 2.40. The number of aliphatic hydroxyl groups excluding tert-OH is 1. The van der Waals surface area contributed by atoms with Crippen LogP contribution in [0.4, 0.5) is 20.2 Å². The first-order valence-corrected chi connectivity index (χ1v) is 10.3. The van der Waals surface area contributed by atoms with Gasteiger partial charge in [-0.25, -0.2) is 13.6 Å². The van der Waals surface area contributed by atoms with Crippen molar-refractivity contribution in [3.05, 3.63) is 61.9 Å². The molecule has 168 valence electrons. The Morgan fingerprint density at radius 3 is 2.47 bits per heavy atom. The summed E-state index contributed by atoms with van der Waals surface area (Å²) in [5.74, 6) is -3.02. The molecule has 0 saturated carbocycles. The second-order valence-corrected chi connectivity index (χ2v) is 8.93. The largest absolute Gasteiger partial charge is 0.477 e. The third kappa shape index (κ3) is 3.42. The molecule has 32 heavy (non-hydrogen) atoms. The second kappa shape index (κ2) is 7.54. The van der Waals surface area contributed by atoms with Gasteiger partial charge in [0.25, 0.3) is 0 Å². The molecule has 3 aromatic rings. The van der Waals surface area contributed by atoms with E-state index in [0.29, 0.717) is 13.1 Å². The Kier molecular flexibility index (Phi) is 5.23. The number of benzene rings is 2. The number of pyridine rings is 1. The van der Waals surface area contributed by atoms with E-state index >= 15 is 4.39 Å². The molecule has 2 aromatic carbocycles. The number of carboxylic acids is 1. The van der Waals surface area contributed by atoms with Crippen molar-refractivity contribution < 1.29 is 23.8 Å². The Bertz CT molecular complexity index is 1350. The average molecular weight is 509 g/mol. The minimum atomic E-state index is -1.52. The molecule has 8 nitrogen and oxygen atoms in total. The van der Waals surface area contributed by atoms with Crippen LogP contribution >= 0.6 is 15.9 Å². The van der Waals surface area contributed by atoms with Gasteiger partial charge in [-0.1, -0.05) is 0 Å². The van der Waals surface area contributed by atoms with E-state index in [0.717, 1.165) is 18.3 Å². The summed E-state index contributed by atoms with van der Waals surface area (Å²) in [5, 5.41) is 19.1. The third-order valence-electron chi connectivity index (χ3n) is 5.44. The molecule has 1 fully saturated rings. The summed E-state index contributed by atoms with van der Waals surface area (Å²) < 4.78 is 30.6. The van der Waals surface area contributed by atoms with Crippen molar-refractivity contribution in [3.63, 3.8) is 0 Å². The SMILES string of the molecule is CC1(N)CN(c2c(F)cc3c(=O)c(C(=O)O)cn(-c4cc(N)c(F)cc4CO)c3c2Br)C1. The fourth-order valence-corrected chi connectivity index (χ4v) is 4.84. The molecule has 0 aliphatic carbocycles. The molecule has 0 radical (unpaired) electrons. The normalized spacial score (nSPS) is 15.1. The predicted molar refractivity (Wildman–Crippen MR) is 119 cm³/mol. The summed E-state index contributed by atoms with van der Waals surface area (Å²) in [6.07, 6.45) is 1.05. The standard InChI is InChI=1S/C21H19BrF2N4O4/c1-21(26)7-27(8-21)18-13(24)3-10-17(16(18)22)28(5-11(19(10)30)20(31)32)15-4-14(25)12(23)2-9(15)6-29/h2-5,29H,6-8,25-26H2,1H3,(H,31,32). The Hall–Kier alpha value is -3.02. The highest BCUT2D eigenvalue weighted by atomic mass is 79.9. The molecule has 1 aliphatic heterocycles. The Labute approximate surface area is 188 Å². The van der Waals surface area contributed by atoms with Crippen LogP contribution in [0.5, 0.6) is 0 Å². The summed E-state index contributed by atoms with van der Waals surface area (Å²) in [5.41, 5.74) is 10.0. The van der Waals surface area contributed by atoms with Crippen molar-refractivity contribution in [2.45, 2.75) is 19.1 Å². The van der Waals surface area contributed by atoms with E-state index in [1.165, 1.54) is 10.6 Å². The maximum Gasteiger partial charge on any atom is 0.341 e. The Balaban J connectivity index is 2.13. The molecule has 0 amide bonds. The summed E-state index contributed by atoms with van der Waals surface area (Å²) in [7, 11) is 0. The van der Waals surface area contributed by atoms with Crippen LogP contribution in [0.25, 0.3) is 16.6 Å². The molecular weight excluding hydrogens is 490 g/mol. The summed E-state index contributed by atoms with van der Waals surface area (Å²) in [6, 6.07) is 3.20. The number of halogens is 3. The van der Waals surface area contributed by atoms with E-state index in [1.54, 1.807) is 4.90 Å². The van der Waals surface area contributed by atoms with Gasteiger partial charge in [0, 0.05) is 30.4 Å². The molecule has 2 heterocycles. The predicted octanol–water partition coefficient (Wildman–Crippen LogP) is 2.34. The first-order chi connectivity index (χ1) is 14.9. The van der Waals surface area contributed by atoms with E-state index in [9.17, 15) is 24.2 Å². The van der Waals surface area contributed by atoms with E-state index < -0.39 is 40.7 Å². The number of hydrogen-bond donors (Lipinski definition) is 4. The maximum absolute atomic E-state index is 15.1. The number of aromatic nitrogens is 1. The molecule has 1 saturated heterocycles. The first kappa shape index (κ1) is 22.2. The highest BCUT2D eigenvalue weighted by molar-refractivity contribution is 9.10. The third-order valence-corrected chi connectivity index (χ3v) is 6.19. The molecular formula is C21H19BrF2N4O4. The van der Waals surface area contributed by atoms with E-state index in [-0.39, 0.29) is 38.0 Å². The van der Waals surface area contributed by atoms with Gasteiger partial charge in [0.05, 0.1) is 39.0 Å². The van der Waals surface area contributed by atoms with Crippen LogP contribution in [0.15, 0.2) is 33.7 Å². The van der Waals surface area contributed by atoms with Gasteiger partial charge in [-0.05, 0) is 41.1 Å². The van der Waals surface area contributed by atoms with E-state index in [4.69, 9.17) is 11.5 Å². The molecule has 1 aromatic heterocycles. The molecule has 6 N–H and O–H groups in total. The minimum Gasteiger partial charge on any atom is -0.477 e. The van der Waals surface area contributed by atoms with Gasteiger partial charge in [-0.2, -0.15) is 0 Å². The smallest absolute Gasteiger partial charge is 0.341 e. The van der Waals surface area contributed by atoms with Crippen molar-refractivity contribution in [1.29, 1.82) is 0 Å². The second-order valence-electron chi connectivity index (χ2n) is 8.13. The number of rotatable bonds is 4. The van der Waals surface area contributed by atoms with Gasteiger partial charge in [-0.3, -0.25) is 4.79 Å². The molecule has 0 spiro atoms. The van der Waals surface area contributed by atoms with Crippen molar-refractivity contribution in [2.24, 2.45) is 5.73 Å². The Morgan fingerprint density at radius 1 is 1.25 bits per heavy atom. The van der Waals surface area contributed by atoms with E-state index in [2.05, 4.69) is 15.9 Å². The number of carbonyl (C=O) groups is 1. The quantitative estimate of drug-likeness (QED) is 0.397. The topological polar surface area (TPSA) is 135 Å². The van der Waals surface area contributed by atoms with Gasteiger partial charge in [0.1, 0.15) is 17.2 Å². The summed E-state index contributed by atoms with van der Waals surface area (Å²) in [4.78, 5) is 26.3. The van der Waals surface area contributed by atoms with Gasteiger partial charge < -0.3 is 31.1 Å². The zero-order valence-corrected chi connectivity index (χ0v) is 18.4. The number of nitrogens with zero attached hydrogens (tertiary/aromatic N) is 2. The van der Waals surface area contributed by atoms with Crippen LogP contribution in [0, 0.1) is 11.6 Å². The molecule has 11 heteroatoms. The molecule has 0 atom stereocenters. The van der Waals surface area contributed by atoms with Gasteiger partial charge >= 0.3 is 5.97 Å². The lowest BCUT2D eigenvalue weighted by Crippen LogP contribution is -2.66. The van der Waals surface area contributed by atoms with Crippen molar-refractivity contribution in [2.75, 3.05) is 23.7 Å². The van der Waals surface area contributed by atoms with Gasteiger partial charge in [0.15, 0.2) is 0 Å². The Morgan fingerprint density at radius 2 is 1.91 bits per heavy atom. The number of hydrogen-bond acceptors (Lipinski definition) is 6. The zero-order chi connectivity index (χ0) is 23.5. The molecule has 1 aliphatic rings. The molecule has 0 bridgehead atoms. The van der Waals surface area contributed by atoms with Gasteiger partial charge in [-0.15, -0.1) is 0 Å². The maximum atomic E-state index is 15.1.